The van der Waals surface area contributed by atoms with Crippen molar-refractivity contribution in [2.75, 3.05) is 6.54 Å². The topological polar surface area (TPSA) is 29.1 Å². The zero-order chi connectivity index (χ0) is 16.8. The molecule has 0 radical (unpaired) electrons. The highest BCUT2D eigenvalue weighted by atomic mass is 35.5. The Labute approximate surface area is 140 Å². The lowest BCUT2D eigenvalue weighted by Gasteiger charge is -2.19. The molecule has 0 spiro atoms. The van der Waals surface area contributed by atoms with Gasteiger partial charge < -0.3 is 5.32 Å². The molecular formula is C19H30ClNO. The average Bonchev–Trinajstić information content (AvgIpc) is 2.44. The van der Waals surface area contributed by atoms with Crippen LogP contribution in [0.3, 0.4) is 0 Å². The monoisotopic (exact) mass is 323 g/mol. The number of halogens is 1. The molecule has 0 aliphatic heterocycles. The van der Waals surface area contributed by atoms with Gasteiger partial charge in [-0.05, 0) is 42.0 Å². The van der Waals surface area contributed by atoms with E-state index >= 15 is 0 Å². The van der Waals surface area contributed by atoms with Crippen molar-refractivity contribution in [1.82, 2.24) is 5.32 Å². The molecule has 0 fully saturated rings. The quantitative estimate of drug-likeness (QED) is 0.755. The van der Waals surface area contributed by atoms with E-state index in [2.05, 4.69) is 25.2 Å². The van der Waals surface area contributed by atoms with Crippen LogP contribution >= 0.6 is 11.6 Å². The maximum Gasteiger partial charge on any atom is 0.225 e. The van der Waals surface area contributed by atoms with Crippen molar-refractivity contribution in [1.29, 1.82) is 0 Å². The summed E-state index contributed by atoms with van der Waals surface area (Å²) in [5.74, 6) is 0.0883. The lowest BCUT2D eigenvalue weighted by atomic mass is 9.92. The average molecular weight is 324 g/mol. The number of amides is 1. The van der Waals surface area contributed by atoms with Crippen molar-refractivity contribution >= 4 is 17.5 Å². The maximum atomic E-state index is 12.0. The minimum absolute atomic E-state index is 0.0883. The third kappa shape index (κ3) is 5.31. The molecule has 0 unspecified atom stereocenters. The fourth-order valence-corrected chi connectivity index (χ4v) is 2.89. The highest BCUT2D eigenvalue weighted by molar-refractivity contribution is 6.31. The van der Waals surface area contributed by atoms with Gasteiger partial charge in [0.2, 0.25) is 5.91 Å². The number of rotatable bonds is 7. The van der Waals surface area contributed by atoms with Crippen molar-refractivity contribution in [3.05, 3.63) is 33.8 Å². The highest BCUT2D eigenvalue weighted by Gasteiger charge is 2.20. The second-order valence-electron chi connectivity index (χ2n) is 6.92. The standard InChI is InChI=1S/C19H30ClNO/c1-6-8-14-10-11-17(20)16(15(14)9-7-2)12-13-21-18(22)19(3,4)5/h10-11H,6-9,12-13H2,1-5H3,(H,21,22). The molecule has 1 aromatic rings. The molecule has 0 atom stereocenters. The van der Waals surface area contributed by atoms with E-state index in [0.717, 1.165) is 37.1 Å². The Kier molecular flexibility index (Phi) is 7.41. The van der Waals surface area contributed by atoms with Gasteiger partial charge in [0.05, 0.1) is 0 Å². The van der Waals surface area contributed by atoms with E-state index in [4.69, 9.17) is 11.6 Å². The molecule has 0 bridgehead atoms. The van der Waals surface area contributed by atoms with Crippen molar-refractivity contribution in [2.45, 2.75) is 66.7 Å². The number of carbonyl (C=O) groups excluding carboxylic acids is 1. The number of nitrogens with one attached hydrogen (secondary N) is 1. The van der Waals surface area contributed by atoms with Crippen LogP contribution in [0.5, 0.6) is 0 Å². The first-order chi connectivity index (χ1) is 10.3. The Morgan fingerprint density at radius 2 is 1.68 bits per heavy atom. The smallest absolute Gasteiger partial charge is 0.225 e. The molecule has 3 heteroatoms. The second kappa shape index (κ2) is 8.57. The minimum atomic E-state index is -0.347. The van der Waals surface area contributed by atoms with Gasteiger partial charge in [-0.3, -0.25) is 4.79 Å². The van der Waals surface area contributed by atoms with E-state index < -0.39 is 0 Å². The molecule has 0 aromatic heterocycles. The highest BCUT2D eigenvalue weighted by Crippen LogP contribution is 2.26. The normalized spacial score (nSPS) is 11.5. The molecular weight excluding hydrogens is 294 g/mol. The largest absolute Gasteiger partial charge is 0.355 e. The number of hydrogen-bond acceptors (Lipinski definition) is 1. The van der Waals surface area contributed by atoms with Crippen molar-refractivity contribution in [2.24, 2.45) is 5.41 Å². The van der Waals surface area contributed by atoms with Crippen LogP contribution in [0.1, 0.15) is 64.2 Å². The van der Waals surface area contributed by atoms with Crippen LogP contribution < -0.4 is 5.32 Å². The molecule has 22 heavy (non-hydrogen) atoms. The molecule has 1 amide bonds. The van der Waals surface area contributed by atoms with E-state index in [1.807, 2.05) is 26.8 Å². The number of hydrogen-bond donors (Lipinski definition) is 1. The Morgan fingerprint density at radius 1 is 1.05 bits per heavy atom. The first kappa shape index (κ1) is 19.0. The fourth-order valence-electron chi connectivity index (χ4n) is 2.61. The summed E-state index contributed by atoms with van der Waals surface area (Å²) in [5.41, 5.74) is 3.66. The number of aryl methyl sites for hydroxylation is 1. The lowest BCUT2D eigenvalue weighted by molar-refractivity contribution is -0.128. The number of benzene rings is 1. The third-order valence-electron chi connectivity index (χ3n) is 3.83. The van der Waals surface area contributed by atoms with Crippen LogP contribution in [0, 0.1) is 5.41 Å². The minimum Gasteiger partial charge on any atom is -0.355 e. The Morgan fingerprint density at radius 3 is 2.23 bits per heavy atom. The Bertz CT molecular complexity index is 503. The number of carbonyl (C=O) groups is 1. The van der Waals surface area contributed by atoms with Crippen molar-refractivity contribution in [3.63, 3.8) is 0 Å². The second-order valence-corrected chi connectivity index (χ2v) is 7.33. The van der Waals surface area contributed by atoms with Crippen LogP contribution in [0.15, 0.2) is 12.1 Å². The van der Waals surface area contributed by atoms with Gasteiger partial charge in [-0.2, -0.15) is 0 Å². The van der Waals surface area contributed by atoms with Crippen LogP contribution in [-0.4, -0.2) is 12.5 Å². The molecule has 1 aromatic carbocycles. The summed E-state index contributed by atoms with van der Waals surface area (Å²) in [4.78, 5) is 12.0. The predicted molar refractivity (Wildman–Crippen MR) is 95.6 cm³/mol. The summed E-state index contributed by atoms with van der Waals surface area (Å²) >= 11 is 6.43. The SMILES string of the molecule is CCCc1ccc(Cl)c(CCNC(=O)C(C)(C)C)c1CCC. The van der Waals surface area contributed by atoms with Gasteiger partial charge in [-0.1, -0.05) is 65.1 Å². The van der Waals surface area contributed by atoms with E-state index in [9.17, 15) is 4.79 Å². The summed E-state index contributed by atoms with van der Waals surface area (Å²) in [7, 11) is 0. The Hall–Kier alpha value is -1.02. The molecule has 0 aliphatic rings. The van der Waals surface area contributed by atoms with Gasteiger partial charge in [-0.25, -0.2) is 0 Å². The van der Waals surface area contributed by atoms with Gasteiger partial charge in [0.15, 0.2) is 0 Å². The molecule has 124 valence electrons. The molecule has 1 rings (SSSR count). The zero-order valence-corrected chi connectivity index (χ0v) is 15.4. The van der Waals surface area contributed by atoms with Gasteiger partial charge in [0.25, 0.3) is 0 Å². The molecule has 0 saturated heterocycles. The fraction of sp³-hybridized carbons (Fsp3) is 0.632. The Balaban J connectivity index is 2.88. The summed E-state index contributed by atoms with van der Waals surface area (Å²) in [5, 5.41) is 3.85. The van der Waals surface area contributed by atoms with Gasteiger partial charge in [0.1, 0.15) is 0 Å². The molecule has 0 aliphatic carbocycles. The summed E-state index contributed by atoms with van der Waals surface area (Å²) in [6, 6.07) is 4.17. The molecule has 0 saturated carbocycles. The molecule has 0 heterocycles. The van der Waals surface area contributed by atoms with E-state index in [0.29, 0.717) is 6.54 Å². The summed E-state index contributed by atoms with van der Waals surface area (Å²) in [6.45, 7) is 10.8. The van der Waals surface area contributed by atoms with Crippen LogP contribution in [-0.2, 0) is 24.1 Å². The van der Waals surface area contributed by atoms with Gasteiger partial charge >= 0.3 is 0 Å². The van der Waals surface area contributed by atoms with Gasteiger partial charge in [0, 0.05) is 17.0 Å². The summed E-state index contributed by atoms with van der Waals surface area (Å²) in [6.07, 6.45) is 5.19. The third-order valence-corrected chi connectivity index (χ3v) is 4.19. The first-order valence-corrected chi connectivity index (χ1v) is 8.76. The van der Waals surface area contributed by atoms with Crippen LogP contribution in [0.4, 0.5) is 0 Å². The zero-order valence-electron chi connectivity index (χ0n) is 14.7. The van der Waals surface area contributed by atoms with Gasteiger partial charge in [-0.15, -0.1) is 0 Å². The maximum absolute atomic E-state index is 12.0. The van der Waals surface area contributed by atoms with Crippen LogP contribution in [0.25, 0.3) is 0 Å². The van der Waals surface area contributed by atoms with Crippen molar-refractivity contribution < 1.29 is 4.79 Å². The predicted octanol–water partition coefficient (Wildman–Crippen LogP) is 4.95. The van der Waals surface area contributed by atoms with E-state index in [1.165, 1.54) is 16.7 Å². The lowest BCUT2D eigenvalue weighted by Crippen LogP contribution is -2.36. The molecule has 1 N–H and O–H groups in total. The molecule has 2 nitrogen and oxygen atoms in total. The summed E-state index contributed by atoms with van der Waals surface area (Å²) < 4.78 is 0. The van der Waals surface area contributed by atoms with Crippen molar-refractivity contribution in [3.8, 4) is 0 Å². The first-order valence-electron chi connectivity index (χ1n) is 8.38. The van der Waals surface area contributed by atoms with E-state index in [-0.39, 0.29) is 11.3 Å². The van der Waals surface area contributed by atoms with Crippen LogP contribution in [0.2, 0.25) is 5.02 Å². The van der Waals surface area contributed by atoms with E-state index in [1.54, 1.807) is 0 Å².